The van der Waals surface area contributed by atoms with Gasteiger partial charge >= 0.3 is 0 Å². The molecule has 0 aromatic carbocycles. The van der Waals surface area contributed by atoms with Gasteiger partial charge in [-0.15, -0.1) is 6.58 Å². The minimum Gasteiger partial charge on any atom is -0.314 e. The van der Waals surface area contributed by atoms with E-state index in [9.17, 15) is 0 Å². The predicted octanol–water partition coefficient (Wildman–Crippen LogP) is 1.17. The molecule has 18 heavy (non-hydrogen) atoms. The topological polar surface area (TPSA) is 27.3 Å². The molecule has 0 amide bonds. The molecular weight excluding hydrogens is 222 g/mol. The van der Waals surface area contributed by atoms with Crippen molar-refractivity contribution in [3.63, 3.8) is 0 Å². The van der Waals surface area contributed by atoms with E-state index in [1.807, 2.05) is 0 Å². The van der Waals surface area contributed by atoms with Crippen LogP contribution in [0.5, 0.6) is 0 Å². The summed E-state index contributed by atoms with van der Waals surface area (Å²) in [4.78, 5) is 2.54. The van der Waals surface area contributed by atoms with Crippen LogP contribution >= 0.6 is 0 Å². The summed E-state index contributed by atoms with van der Waals surface area (Å²) in [5.74, 6) is 0. The van der Waals surface area contributed by atoms with Gasteiger partial charge in [0.1, 0.15) is 0 Å². The van der Waals surface area contributed by atoms with Crippen molar-refractivity contribution < 1.29 is 0 Å². The van der Waals surface area contributed by atoms with E-state index in [1.165, 1.54) is 0 Å². The highest BCUT2D eigenvalue weighted by Gasteiger charge is 2.26. The highest BCUT2D eigenvalue weighted by molar-refractivity contribution is 5.22. The molecule has 1 aliphatic heterocycles. The fraction of sp³-hybridized carbons (Fsp3) is 0.600. The lowest BCUT2D eigenvalue weighted by atomic mass is 9.81. The summed E-state index contributed by atoms with van der Waals surface area (Å²) in [6.07, 6.45) is 12.0. The van der Waals surface area contributed by atoms with Crippen molar-refractivity contribution in [3.8, 4) is 0 Å². The van der Waals surface area contributed by atoms with Gasteiger partial charge in [0.05, 0.1) is 0 Å². The van der Waals surface area contributed by atoms with Crippen LogP contribution in [0.25, 0.3) is 0 Å². The Balaban J connectivity index is 1.94. The molecule has 100 valence electrons. The fourth-order valence-corrected chi connectivity index (χ4v) is 2.60. The molecule has 1 aliphatic carbocycles. The molecule has 0 bridgehead atoms. The zero-order valence-corrected chi connectivity index (χ0v) is 11.2. The molecule has 3 heteroatoms. The first-order valence-corrected chi connectivity index (χ1v) is 6.96. The highest BCUT2D eigenvalue weighted by atomic mass is 15.2. The standard InChI is InChI=1S/C15H25N3/c1-2-15(6-4-3-5-7-15)14-18-12-10-16-8-9-17-11-13-18/h2-6,16-17H,1,7-14H2. The summed E-state index contributed by atoms with van der Waals surface area (Å²) in [6.45, 7) is 11.6. The monoisotopic (exact) mass is 247 g/mol. The smallest absolute Gasteiger partial charge is 0.0224 e. The van der Waals surface area contributed by atoms with Gasteiger partial charge in [0.2, 0.25) is 0 Å². The lowest BCUT2D eigenvalue weighted by molar-refractivity contribution is 0.220. The summed E-state index contributed by atoms with van der Waals surface area (Å²) in [6, 6.07) is 0. The van der Waals surface area contributed by atoms with E-state index in [0.29, 0.717) is 0 Å². The number of nitrogens with zero attached hydrogens (tertiary/aromatic N) is 1. The summed E-state index contributed by atoms with van der Waals surface area (Å²) in [5, 5.41) is 6.93. The van der Waals surface area contributed by atoms with Gasteiger partial charge in [-0.2, -0.15) is 0 Å². The Labute approximate surface area is 111 Å². The molecule has 0 aromatic heterocycles. The summed E-state index contributed by atoms with van der Waals surface area (Å²) < 4.78 is 0. The third-order valence-corrected chi connectivity index (χ3v) is 3.79. The maximum absolute atomic E-state index is 4.04. The second kappa shape index (κ2) is 6.88. The van der Waals surface area contributed by atoms with Crippen molar-refractivity contribution in [1.29, 1.82) is 0 Å². The van der Waals surface area contributed by atoms with Gasteiger partial charge in [-0.3, -0.25) is 4.90 Å². The Kier molecular flexibility index (Phi) is 5.17. The Hall–Kier alpha value is -0.900. The molecule has 0 saturated carbocycles. The number of hydrogen-bond donors (Lipinski definition) is 2. The minimum atomic E-state index is 0.128. The van der Waals surface area contributed by atoms with Crippen LogP contribution in [0.15, 0.2) is 37.0 Å². The van der Waals surface area contributed by atoms with Crippen LogP contribution in [0.4, 0.5) is 0 Å². The molecule has 2 rings (SSSR count). The zero-order valence-electron chi connectivity index (χ0n) is 11.2. The van der Waals surface area contributed by atoms with Crippen molar-refractivity contribution in [2.75, 3.05) is 45.8 Å². The van der Waals surface area contributed by atoms with Crippen molar-refractivity contribution >= 4 is 0 Å². The van der Waals surface area contributed by atoms with Crippen LogP contribution < -0.4 is 10.6 Å². The van der Waals surface area contributed by atoms with Crippen LogP contribution in [0.3, 0.4) is 0 Å². The molecule has 0 aromatic rings. The van der Waals surface area contributed by atoms with Crippen molar-refractivity contribution in [1.82, 2.24) is 15.5 Å². The third-order valence-electron chi connectivity index (χ3n) is 3.79. The van der Waals surface area contributed by atoms with E-state index in [-0.39, 0.29) is 5.41 Å². The van der Waals surface area contributed by atoms with Crippen molar-refractivity contribution in [2.45, 2.75) is 6.42 Å². The molecule has 3 nitrogen and oxygen atoms in total. The molecule has 0 radical (unpaired) electrons. The first kappa shape index (κ1) is 13.5. The van der Waals surface area contributed by atoms with Crippen LogP contribution in [0.2, 0.25) is 0 Å². The Morgan fingerprint density at radius 1 is 1.11 bits per heavy atom. The van der Waals surface area contributed by atoms with Crippen LogP contribution in [-0.2, 0) is 0 Å². The Bertz CT molecular complexity index is 312. The second-order valence-corrected chi connectivity index (χ2v) is 5.20. The van der Waals surface area contributed by atoms with E-state index in [2.05, 4.69) is 52.5 Å². The van der Waals surface area contributed by atoms with Gasteiger partial charge in [-0.1, -0.05) is 30.4 Å². The average molecular weight is 247 g/mol. The predicted molar refractivity (Wildman–Crippen MR) is 77.7 cm³/mol. The van der Waals surface area contributed by atoms with Crippen LogP contribution in [0.1, 0.15) is 6.42 Å². The number of nitrogens with one attached hydrogen (secondary N) is 2. The van der Waals surface area contributed by atoms with Crippen molar-refractivity contribution in [3.05, 3.63) is 37.0 Å². The SMILES string of the molecule is C=CC1(CN2CCNCCNCC2)C=CC=CC1. The molecule has 1 saturated heterocycles. The Morgan fingerprint density at radius 3 is 2.39 bits per heavy atom. The highest BCUT2D eigenvalue weighted by Crippen LogP contribution is 2.30. The molecule has 1 unspecified atom stereocenters. The van der Waals surface area contributed by atoms with E-state index in [1.54, 1.807) is 0 Å². The maximum Gasteiger partial charge on any atom is 0.0224 e. The lowest BCUT2D eigenvalue weighted by Gasteiger charge is -2.34. The van der Waals surface area contributed by atoms with E-state index in [4.69, 9.17) is 0 Å². The zero-order chi connectivity index (χ0) is 12.7. The van der Waals surface area contributed by atoms with E-state index < -0.39 is 0 Å². The normalized spacial score (nSPS) is 30.4. The Morgan fingerprint density at radius 2 is 1.83 bits per heavy atom. The minimum absolute atomic E-state index is 0.128. The molecule has 1 atom stereocenters. The maximum atomic E-state index is 4.04. The van der Waals surface area contributed by atoms with E-state index in [0.717, 1.165) is 52.2 Å². The van der Waals surface area contributed by atoms with E-state index >= 15 is 0 Å². The average Bonchev–Trinajstić information content (AvgIpc) is 2.54. The quantitative estimate of drug-likeness (QED) is 0.733. The summed E-state index contributed by atoms with van der Waals surface area (Å²) >= 11 is 0. The first-order valence-electron chi connectivity index (χ1n) is 6.96. The van der Waals surface area contributed by atoms with Gasteiger partial charge in [-0.05, 0) is 6.42 Å². The van der Waals surface area contributed by atoms with Crippen LogP contribution in [0, 0.1) is 5.41 Å². The van der Waals surface area contributed by atoms with Gasteiger partial charge < -0.3 is 10.6 Å². The molecule has 2 N–H and O–H groups in total. The lowest BCUT2D eigenvalue weighted by Crippen LogP contribution is -2.41. The summed E-state index contributed by atoms with van der Waals surface area (Å²) in [5.41, 5.74) is 0.128. The van der Waals surface area contributed by atoms with Crippen molar-refractivity contribution in [2.24, 2.45) is 5.41 Å². The third kappa shape index (κ3) is 3.80. The largest absolute Gasteiger partial charge is 0.314 e. The molecule has 1 fully saturated rings. The molecule has 1 heterocycles. The first-order chi connectivity index (χ1) is 8.85. The number of rotatable bonds is 3. The van der Waals surface area contributed by atoms with Gasteiger partial charge in [0.15, 0.2) is 0 Å². The number of allylic oxidation sites excluding steroid dienone is 3. The number of hydrogen-bond acceptors (Lipinski definition) is 3. The van der Waals surface area contributed by atoms with Crippen LogP contribution in [-0.4, -0.2) is 50.7 Å². The second-order valence-electron chi connectivity index (χ2n) is 5.20. The fourth-order valence-electron chi connectivity index (χ4n) is 2.60. The van der Waals surface area contributed by atoms with Gasteiger partial charge in [0, 0.05) is 51.2 Å². The molecule has 2 aliphatic rings. The van der Waals surface area contributed by atoms with Gasteiger partial charge in [0.25, 0.3) is 0 Å². The molecular formula is C15H25N3. The van der Waals surface area contributed by atoms with Gasteiger partial charge in [-0.25, -0.2) is 0 Å². The molecule has 0 spiro atoms. The summed E-state index contributed by atoms with van der Waals surface area (Å²) in [7, 11) is 0.